The minimum absolute atomic E-state index is 0.0695. The summed E-state index contributed by atoms with van der Waals surface area (Å²) in [5, 5.41) is 3.89. The number of nitrogens with zero attached hydrogens (tertiary/aromatic N) is 2. The number of hydrogen-bond acceptors (Lipinski definition) is 3. The van der Waals surface area contributed by atoms with Gasteiger partial charge < -0.3 is 5.32 Å². The fraction of sp³-hybridized carbons (Fsp3) is 0.176. The highest BCUT2D eigenvalue weighted by atomic mass is 35.5. The molecular formula is C17H13ClF3N3. The van der Waals surface area contributed by atoms with Crippen molar-refractivity contribution in [3.8, 4) is 0 Å². The van der Waals surface area contributed by atoms with E-state index >= 15 is 0 Å². The number of fused-ring (bicyclic) bond motifs is 1. The normalized spacial score (nSPS) is 11.7. The SMILES string of the molecule is Cc1cc(CNc2ncc(C(F)(F)F)cc2Cl)c2ccccc2n1. The van der Waals surface area contributed by atoms with E-state index in [1.54, 1.807) is 0 Å². The Morgan fingerprint density at radius 1 is 1.17 bits per heavy atom. The maximum Gasteiger partial charge on any atom is 0.417 e. The number of benzene rings is 1. The molecule has 1 aromatic carbocycles. The van der Waals surface area contributed by atoms with E-state index in [9.17, 15) is 13.2 Å². The number of para-hydroxylation sites is 1. The van der Waals surface area contributed by atoms with Crippen LogP contribution < -0.4 is 5.32 Å². The summed E-state index contributed by atoms with van der Waals surface area (Å²) < 4.78 is 37.9. The fourth-order valence-electron chi connectivity index (χ4n) is 2.44. The Hall–Kier alpha value is -2.34. The molecule has 0 fully saturated rings. The van der Waals surface area contributed by atoms with Gasteiger partial charge in [0.15, 0.2) is 0 Å². The number of rotatable bonds is 3. The molecule has 3 rings (SSSR count). The third kappa shape index (κ3) is 3.43. The van der Waals surface area contributed by atoms with Crippen LogP contribution in [0.4, 0.5) is 19.0 Å². The average Bonchev–Trinajstić information content (AvgIpc) is 2.52. The molecule has 7 heteroatoms. The monoisotopic (exact) mass is 351 g/mol. The van der Waals surface area contributed by atoms with Crippen LogP contribution in [0.3, 0.4) is 0 Å². The van der Waals surface area contributed by atoms with Gasteiger partial charge in [-0.25, -0.2) is 4.98 Å². The Labute approximate surface area is 141 Å². The van der Waals surface area contributed by atoms with E-state index in [1.165, 1.54) is 0 Å². The molecule has 0 spiro atoms. The summed E-state index contributed by atoms with van der Waals surface area (Å²) in [6, 6.07) is 10.5. The van der Waals surface area contributed by atoms with Crippen LogP contribution in [0, 0.1) is 6.92 Å². The fourth-order valence-corrected chi connectivity index (χ4v) is 2.68. The van der Waals surface area contributed by atoms with Crippen LogP contribution >= 0.6 is 11.6 Å². The number of aromatic nitrogens is 2. The maximum absolute atomic E-state index is 12.6. The van der Waals surface area contributed by atoms with Gasteiger partial charge in [0.25, 0.3) is 0 Å². The van der Waals surface area contributed by atoms with E-state index in [2.05, 4.69) is 15.3 Å². The molecule has 2 aromatic heterocycles. The van der Waals surface area contributed by atoms with E-state index in [0.717, 1.165) is 34.4 Å². The molecule has 24 heavy (non-hydrogen) atoms. The molecule has 124 valence electrons. The zero-order valence-electron chi connectivity index (χ0n) is 12.7. The van der Waals surface area contributed by atoms with Crippen molar-refractivity contribution in [1.82, 2.24) is 9.97 Å². The van der Waals surface area contributed by atoms with Crippen molar-refractivity contribution in [2.75, 3.05) is 5.32 Å². The lowest BCUT2D eigenvalue weighted by molar-refractivity contribution is -0.137. The Morgan fingerprint density at radius 3 is 2.62 bits per heavy atom. The van der Waals surface area contributed by atoms with Crippen molar-refractivity contribution >= 4 is 28.3 Å². The van der Waals surface area contributed by atoms with Crippen LogP contribution in [0.2, 0.25) is 5.02 Å². The highest BCUT2D eigenvalue weighted by Gasteiger charge is 2.31. The minimum Gasteiger partial charge on any atom is -0.365 e. The summed E-state index contributed by atoms with van der Waals surface area (Å²) in [6.07, 6.45) is -3.70. The molecular weight excluding hydrogens is 339 g/mol. The summed E-state index contributed by atoms with van der Waals surface area (Å²) >= 11 is 5.91. The Balaban J connectivity index is 1.87. The summed E-state index contributed by atoms with van der Waals surface area (Å²) in [7, 11) is 0. The Morgan fingerprint density at radius 2 is 1.92 bits per heavy atom. The van der Waals surface area contributed by atoms with Crippen LogP contribution in [0.25, 0.3) is 10.9 Å². The molecule has 0 atom stereocenters. The zero-order valence-corrected chi connectivity index (χ0v) is 13.4. The van der Waals surface area contributed by atoms with Gasteiger partial charge in [-0.1, -0.05) is 29.8 Å². The second kappa shape index (κ2) is 6.28. The van der Waals surface area contributed by atoms with Gasteiger partial charge in [0.2, 0.25) is 0 Å². The second-order valence-electron chi connectivity index (χ2n) is 5.35. The van der Waals surface area contributed by atoms with E-state index in [4.69, 9.17) is 11.6 Å². The lowest BCUT2D eigenvalue weighted by Gasteiger charge is -2.12. The van der Waals surface area contributed by atoms with Crippen LogP contribution in [0.1, 0.15) is 16.8 Å². The predicted octanol–water partition coefficient (Wildman–Crippen LogP) is 5.22. The number of alkyl halides is 3. The highest BCUT2D eigenvalue weighted by molar-refractivity contribution is 6.32. The van der Waals surface area contributed by atoms with Gasteiger partial charge in [-0.05, 0) is 30.7 Å². The van der Waals surface area contributed by atoms with Crippen LogP contribution in [-0.2, 0) is 12.7 Å². The maximum atomic E-state index is 12.6. The van der Waals surface area contributed by atoms with Crippen LogP contribution in [0.15, 0.2) is 42.6 Å². The van der Waals surface area contributed by atoms with Gasteiger partial charge in [0, 0.05) is 23.8 Å². The van der Waals surface area contributed by atoms with Crippen molar-refractivity contribution in [2.45, 2.75) is 19.6 Å². The molecule has 0 aliphatic heterocycles. The molecule has 3 nitrogen and oxygen atoms in total. The molecule has 0 radical (unpaired) electrons. The van der Waals surface area contributed by atoms with Crippen molar-refractivity contribution in [1.29, 1.82) is 0 Å². The van der Waals surface area contributed by atoms with E-state index in [-0.39, 0.29) is 10.8 Å². The van der Waals surface area contributed by atoms with Crippen molar-refractivity contribution in [3.63, 3.8) is 0 Å². The van der Waals surface area contributed by atoms with E-state index in [1.807, 2.05) is 37.3 Å². The number of nitrogens with one attached hydrogen (secondary N) is 1. The zero-order chi connectivity index (χ0) is 17.3. The van der Waals surface area contributed by atoms with Crippen LogP contribution in [-0.4, -0.2) is 9.97 Å². The van der Waals surface area contributed by atoms with Gasteiger partial charge in [0.1, 0.15) is 5.82 Å². The molecule has 1 N–H and O–H groups in total. The molecule has 0 aliphatic rings. The number of aryl methyl sites for hydroxylation is 1. The Kier molecular flexibility index (Phi) is 4.32. The second-order valence-corrected chi connectivity index (χ2v) is 5.75. The molecule has 0 amide bonds. The molecule has 0 bridgehead atoms. The number of halogens is 4. The first kappa shape index (κ1) is 16.5. The Bertz CT molecular complexity index is 894. The number of pyridine rings is 2. The molecule has 0 aliphatic carbocycles. The molecule has 3 aromatic rings. The average molecular weight is 352 g/mol. The van der Waals surface area contributed by atoms with E-state index in [0.29, 0.717) is 6.54 Å². The van der Waals surface area contributed by atoms with Crippen molar-refractivity contribution < 1.29 is 13.2 Å². The molecule has 0 saturated heterocycles. The first-order valence-corrected chi connectivity index (χ1v) is 7.54. The number of anilines is 1. The third-order valence-corrected chi connectivity index (χ3v) is 3.83. The van der Waals surface area contributed by atoms with Gasteiger partial charge in [-0.15, -0.1) is 0 Å². The molecule has 2 heterocycles. The van der Waals surface area contributed by atoms with Gasteiger partial charge in [0.05, 0.1) is 16.1 Å². The number of hydrogen-bond donors (Lipinski definition) is 1. The van der Waals surface area contributed by atoms with Gasteiger partial charge in [-0.3, -0.25) is 4.98 Å². The summed E-state index contributed by atoms with van der Waals surface area (Å²) in [4.78, 5) is 8.24. The summed E-state index contributed by atoms with van der Waals surface area (Å²) in [5.41, 5.74) is 1.82. The topological polar surface area (TPSA) is 37.8 Å². The standard InChI is InChI=1S/C17H13ClF3N3/c1-10-6-11(13-4-2-3-5-15(13)24-10)8-22-16-14(18)7-12(9-23-16)17(19,20)21/h2-7,9H,8H2,1H3,(H,22,23). The smallest absolute Gasteiger partial charge is 0.365 e. The quantitative estimate of drug-likeness (QED) is 0.702. The summed E-state index contributed by atoms with van der Waals surface area (Å²) in [5.74, 6) is 0.211. The first-order chi connectivity index (χ1) is 11.3. The highest BCUT2D eigenvalue weighted by Crippen LogP contribution is 2.32. The first-order valence-electron chi connectivity index (χ1n) is 7.16. The lowest BCUT2D eigenvalue weighted by atomic mass is 10.1. The summed E-state index contributed by atoms with van der Waals surface area (Å²) in [6.45, 7) is 2.27. The van der Waals surface area contributed by atoms with Crippen molar-refractivity contribution in [2.24, 2.45) is 0 Å². The third-order valence-electron chi connectivity index (χ3n) is 3.54. The minimum atomic E-state index is -4.46. The predicted molar refractivity (Wildman–Crippen MR) is 88.1 cm³/mol. The van der Waals surface area contributed by atoms with Crippen LogP contribution in [0.5, 0.6) is 0 Å². The van der Waals surface area contributed by atoms with E-state index < -0.39 is 11.7 Å². The van der Waals surface area contributed by atoms with Crippen molar-refractivity contribution in [3.05, 3.63) is 64.4 Å². The lowest BCUT2D eigenvalue weighted by Crippen LogP contribution is -2.08. The van der Waals surface area contributed by atoms with Gasteiger partial charge in [-0.2, -0.15) is 13.2 Å². The molecule has 0 unspecified atom stereocenters. The largest absolute Gasteiger partial charge is 0.417 e. The van der Waals surface area contributed by atoms with Gasteiger partial charge >= 0.3 is 6.18 Å². The molecule has 0 saturated carbocycles.